The van der Waals surface area contributed by atoms with Crippen molar-refractivity contribution in [3.63, 3.8) is 0 Å². The van der Waals surface area contributed by atoms with Crippen LogP contribution in [0.3, 0.4) is 0 Å². The van der Waals surface area contributed by atoms with Crippen molar-refractivity contribution in [2.24, 2.45) is 0 Å². The summed E-state index contributed by atoms with van der Waals surface area (Å²) in [4.78, 5) is 3.94. The van der Waals surface area contributed by atoms with Gasteiger partial charge in [-0.15, -0.1) is 0 Å². The van der Waals surface area contributed by atoms with E-state index in [1.54, 1.807) is 12.4 Å². The topological polar surface area (TPSA) is 54.4 Å². The molecular formula is C10H14N2O2. The minimum absolute atomic E-state index is 0.0585. The summed E-state index contributed by atoms with van der Waals surface area (Å²) in [5.74, 6) is 0. The van der Waals surface area contributed by atoms with Crippen LogP contribution >= 0.6 is 0 Å². The van der Waals surface area contributed by atoms with Gasteiger partial charge >= 0.3 is 0 Å². The maximum atomic E-state index is 9.47. The first kappa shape index (κ1) is 9.58. The van der Waals surface area contributed by atoms with Crippen LogP contribution in [0.1, 0.15) is 5.56 Å². The number of aliphatic hydroxyl groups is 1. The van der Waals surface area contributed by atoms with Crippen molar-refractivity contribution in [1.29, 1.82) is 0 Å². The summed E-state index contributed by atoms with van der Waals surface area (Å²) in [5, 5.41) is 12.7. The van der Waals surface area contributed by atoms with Crippen molar-refractivity contribution >= 4 is 0 Å². The van der Waals surface area contributed by atoms with Crippen molar-refractivity contribution in [1.82, 2.24) is 10.3 Å². The highest BCUT2D eigenvalue weighted by Crippen LogP contribution is 2.06. The largest absolute Gasteiger partial charge is 0.389 e. The maximum absolute atomic E-state index is 9.47. The Kier molecular flexibility index (Phi) is 3.08. The highest BCUT2D eigenvalue weighted by Gasteiger charge is 2.25. The Balaban J connectivity index is 1.82. The fourth-order valence-electron chi connectivity index (χ4n) is 1.49. The smallest absolute Gasteiger partial charge is 0.0948 e. The Bertz CT molecular complexity index is 279. The Labute approximate surface area is 82.9 Å². The molecule has 4 nitrogen and oxygen atoms in total. The third-order valence-corrected chi connectivity index (χ3v) is 2.37. The molecule has 1 aromatic rings. The van der Waals surface area contributed by atoms with Crippen LogP contribution in [0.5, 0.6) is 0 Å². The van der Waals surface area contributed by atoms with Crippen molar-refractivity contribution in [2.45, 2.75) is 18.7 Å². The zero-order valence-electron chi connectivity index (χ0n) is 7.89. The molecule has 1 fully saturated rings. The van der Waals surface area contributed by atoms with Crippen molar-refractivity contribution in [3.8, 4) is 0 Å². The summed E-state index contributed by atoms with van der Waals surface area (Å²) in [6.07, 6.45) is 3.15. The molecule has 0 bridgehead atoms. The van der Waals surface area contributed by atoms with Gasteiger partial charge in [0.05, 0.1) is 25.4 Å². The minimum atomic E-state index is -0.378. The second-order valence-electron chi connectivity index (χ2n) is 3.45. The van der Waals surface area contributed by atoms with Crippen LogP contribution < -0.4 is 5.32 Å². The predicted octanol–water partition coefficient (Wildman–Crippen LogP) is -0.0691. The number of pyridine rings is 1. The Morgan fingerprint density at radius 3 is 2.86 bits per heavy atom. The molecular weight excluding hydrogens is 180 g/mol. The van der Waals surface area contributed by atoms with Crippen LogP contribution in [0.25, 0.3) is 0 Å². The monoisotopic (exact) mass is 194 g/mol. The number of aromatic nitrogens is 1. The number of hydrogen-bond donors (Lipinski definition) is 2. The van der Waals surface area contributed by atoms with E-state index in [1.165, 1.54) is 5.56 Å². The van der Waals surface area contributed by atoms with E-state index < -0.39 is 0 Å². The average molecular weight is 194 g/mol. The van der Waals surface area contributed by atoms with Crippen LogP contribution in [-0.2, 0) is 11.3 Å². The van der Waals surface area contributed by atoms with E-state index in [9.17, 15) is 5.11 Å². The van der Waals surface area contributed by atoms with E-state index in [-0.39, 0.29) is 12.1 Å². The molecule has 0 spiro atoms. The molecule has 2 unspecified atom stereocenters. The van der Waals surface area contributed by atoms with Gasteiger partial charge in [-0.05, 0) is 17.7 Å². The van der Waals surface area contributed by atoms with Gasteiger partial charge in [0.15, 0.2) is 0 Å². The summed E-state index contributed by atoms with van der Waals surface area (Å²) in [7, 11) is 0. The van der Waals surface area contributed by atoms with Gasteiger partial charge in [0.2, 0.25) is 0 Å². The summed E-state index contributed by atoms with van der Waals surface area (Å²) in [6.45, 7) is 1.77. The van der Waals surface area contributed by atoms with E-state index in [2.05, 4.69) is 10.3 Å². The maximum Gasteiger partial charge on any atom is 0.0948 e. The molecule has 76 valence electrons. The molecule has 1 aliphatic rings. The molecule has 2 atom stereocenters. The van der Waals surface area contributed by atoms with Crippen LogP contribution in [0.15, 0.2) is 24.5 Å². The van der Waals surface area contributed by atoms with Gasteiger partial charge in [-0.1, -0.05) is 0 Å². The Morgan fingerprint density at radius 2 is 2.21 bits per heavy atom. The second kappa shape index (κ2) is 4.50. The van der Waals surface area contributed by atoms with Gasteiger partial charge in [-0.2, -0.15) is 0 Å². The van der Waals surface area contributed by atoms with Crippen LogP contribution in [-0.4, -0.2) is 35.5 Å². The lowest BCUT2D eigenvalue weighted by Gasteiger charge is -2.14. The third kappa shape index (κ3) is 2.29. The van der Waals surface area contributed by atoms with Gasteiger partial charge in [-0.25, -0.2) is 0 Å². The summed E-state index contributed by atoms with van der Waals surface area (Å²) >= 11 is 0. The molecule has 1 aromatic heterocycles. The summed E-state index contributed by atoms with van der Waals surface area (Å²) in [6, 6.07) is 3.97. The van der Waals surface area contributed by atoms with Gasteiger partial charge in [0, 0.05) is 18.9 Å². The molecule has 2 heterocycles. The van der Waals surface area contributed by atoms with Gasteiger partial charge in [0.1, 0.15) is 0 Å². The van der Waals surface area contributed by atoms with E-state index >= 15 is 0 Å². The van der Waals surface area contributed by atoms with Gasteiger partial charge in [-0.3, -0.25) is 4.98 Å². The molecule has 1 saturated heterocycles. The number of hydrogen-bond acceptors (Lipinski definition) is 4. The number of ether oxygens (including phenoxy) is 1. The van der Waals surface area contributed by atoms with Crippen LogP contribution in [0.2, 0.25) is 0 Å². The zero-order valence-corrected chi connectivity index (χ0v) is 7.89. The van der Waals surface area contributed by atoms with Crippen molar-refractivity contribution in [2.75, 3.05) is 13.2 Å². The second-order valence-corrected chi connectivity index (χ2v) is 3.45. The molecule has 0 radical (unpaired) electrons. The summed E-state index contributed by atoms with van der Waals surface area (Å²) in [5.41, 5.74) is 1.17. The van der Waals surface area contributed by atoms with Gasteiger partial charge < -0.3 is 15.2 Å². The van der Waals surface area contributed by atoms with E-state index in [4.69, 9.17) is 4.74 Å². The lowest BCUT2D eigenvalue weighted by Crippen LogP contribution is -2.38. The molecule has 2 N–H and O–H groups in total. The van der Waals surface area contributed by atoms with E-state index in [1.807, 2.05) is 12.1 Å². The highest BCUT2D eigenvalue weighted by molar-refractivity contribution is 5.09. The lowest BCUT2D eigenvalue weighted by molar-refractivity contribution is 0.122. The lowest BCUT2D eigenvalue weighted by atomic mass is 10.2. The molecule has 0 aromatic carbocycles. The van der Waals surface area contributed by atoms with E-state index in [0.29, 0.717) is 13.2 Å². The molecule has 4 heteroatoms. The minimum Gasteiger partial charge on any atom is -0.389 e. The Hall–Kier alpha value is -0.970. The average Bonchev–Trinajstić information content (AvgIpc) is 2.63. The molecule has 1 aliphatic heterocycles. The van der Waals surface area contributed by atoms with Crippen LogP contribution in [0.4, 0.5) is 0 Å². The Morgan fingerprint density at radius 1 is 1.43 bits per heavy atom. The molecule has 2 rings (SSSR count). The van der Waals surface area contributed by atoms with Gasteiger partial charge in [0.25, 0.3) is 0 Å². The fourth-order valence-corrected chi connectivity index (χ4v) is 1.49. The van der Waals surface area contributed by atoms with Crippen molar-refractivity contribution in [3.05, 3.63) is 30.1 Å². The molecule has 0 amide bonds. The normalized spacial score (nSPS) is 26.6. The van der Waals surface area contributed by atoms with Crippen LogP contribution in [0, 0.1) is 0 Å². The standard InChI is InChI=1S/C10H14N2O2/c13-10-7-14-6-9(10)12-5-8-1-3-11-4-2-8/h1-4,9-10,12-13H,5-7H2. The number of rotatable bonds is 3. The van der Waals surface area contributed by atoms with Crippen molar-refractivity contribution < 1.29 is 9.84 Å². The highest BCUT2D eigenvalue weighted by atomic mass is 16.5. The first-order valence-electron chi connectivity index (χ1n) is 4.74. The third-order valence-electron chi connectivity index (χ3n) is 2.37. The number of nitrogens with one attached hydrogen (secondary N) is 1. The predicted molar refractivity (Wildman–Crippen MR) is 51.7 cm³/mol. The zero-order chi connectivity index (χ0) is 9.80. The molecule has 14 heavy (non-hydrogen) atoms. The quantitative estimate of drug-likeness (QED) is 0.707. The summed E-state index contributed by atoms with van der Waals surface area (Å²) < 4.78 is 5.13. The first-order chi connectivity index (χ1) is 6.86. The fraction of sp³-hybridized carbons (Fsp3) is 0.500. The molecule has 0 saturated carbocycles. The number of aliphatic hydroxyl groups excluding tert-OH is 1. The number of nitrogens with zero attached hydrogens (tertiary/aromatic N) is 1. The van der Waals surface area contributed by atoms with E-state index in [0.717, 1.165) is 6.54 Å². The SMILES string of the molecule is OC1COCC1NCc1ccncc1. The first-order valence-corrected chi connectivity index (χ1v) is 4.74. The molecule has 0 aliphatic carbocycles.